The lowest BCUT2D eigenvalue weighted by Gasteiger charge is -2.24. The van der Waals surface area contributed by atoms with E-state index in [1.807, 2.05) is 79.1 Å². The minimum Gasteiger partial charge on any atom is -0.497 e. The second kappa shape index (κ2) is 14.7. The van der Waals surface area contributed by atoms with E-state index in [1.54, 1.807) is 33.5 Å². The number of aryl methyl sites for hydroxylation is 1. The van der Waals surface area contributed by atoms with Gasteiger partial charge < -0.3 is 23.9 Å². The highest BCUT2D eigenvalue weighted by molar-refractivity contribution is 7.99. The van der Waals surface area contributed by atoms with Gasteiger partial charge in [0.2, 0.25) is 0 Å². The maximum Gasteiger partial charge on any atom is 0.287 e. The summed E-state index contributed by atoms with van der Waals surface area (Å²) >= 11 is 1.25. The fraction of sp³-hybridized carbons (Fsp3) is 0.250. The summed E-state index contributed by atoms with van der Waals surface area (Å²) in [6.45, 7) is 4.13. The van der Waals surface area contributed by atoms with Crippen molar-refractivity contribution < 1.29 is 28.2 Å². The Balaban J connectivity index is 1.30. The summed E-state index contributed by atoms with van der Waals surface area (Å²) in [7, 11) is 4.78. The van der Waals surface area contributed by atoms with Crippen LogP contribution in [0.25, 0.3) is 5.69 Å². The number of hydrogen-bond acceptors (Lipinski definition) is 10. The molecule has 2 aromatic heterocycles. The van der Waals surface area contributed by atoms with Gasteiger partial charge in [-0.1, -0.05) is 36.0 Å². The molecular formula is C36H36N6O6S. The van der Waals surface area contributed by atoms with Gasteiger partial charge in [-0.2, -0.15) is 5.10 Å². The quantitative estimate of drug-likeness (QED) is 0.160. The van der Waals surface area contributed by atoms with E-state index >= 15 is 0 Å². The highest BCUT2D eigenvalue weighted by Gasteiger charge is 2.36. The number of aromatic nitrogens is 3. The van der Waals surface area contributed by atoms with E-state index in [-0.39, 0.29) is 29.9 Å². The lowest BCUT2D eigenvalue weighted by molar-refractivity contribution is -0.130. The zero-order chi connectivity index (χ0) is 34.5. The average Bonchev–Trinajstić information content (AvgIpc) is 3.91. The Morgan fingerprint density at radius 1 is 0.939 bits per heavy atom. The normalized spacial score (nSPS) is 14.0. The third kappa shape index (κ3) is 6.88. The largest absolute Gasteiger partial charge is 0.497 e. The van der Waals surface area contributed by atoms with E-state index in [0.29, 0.717) is 28.9 Å². The molecule has 1 aliphatic heterocycles. The molecule has 6 rings (SSSR count). The molecule has 12 nitrogen and oxygen atoms in total. The van der Waals surface area contributed by atoms with Gasteiger partial charge in [0, 0.05) is 12.0 Å². The number of carbonyl (C=O) groups excluding carboxylic acids is 2. The third-order valence-corrected chi connectivity index (χ3v) is 9.29. The number of hydrogen-bond donors (Lipinski definition) is 1. The minimum absolute atomic E-state index is 0.0178. The van der Waals surface area contributed by atoms with Crippen LogP contribution in [0.3, 0.4) is 0 Å². The molecule has 252 valence electrons. The van der Waals surface area contributed by atoms with Crippen molar-refractivity contribution in [3.63, 3.8) is 0 Å². The van der Waals surface area contributed by atoms with Crippen LogP contribution < -0.4 is 19.5 Å². The monoisotopic (exact) mass is 680 g/mol. The third-order valence-electron chi connectivity index (χ3n) is 8.38. The zero-order valence-corrected chi connectivity index (χ0v) is 28.6. The van der Waals surface area contributed by atoms with Crippen molar-refractivity contribution in [2.45, 2.75) is 38.0 Å². The Morgan fingerprint density at radius 2 is 1.73 bits per heavy atom. The number of rotatable bonds is 12. The Bertz CT molecular complexity index is 1990. The fourth-order valence-electron chi connectivity index (χ4n) is 5.69. The van der Waals surface area contributed by atoms with Gasteiger partial charge in [-0.3, -0.25) is 14.2 Å². The second-order valence-electron chi connectivity index (χ2n) is 11.2. The molecule has 0 aliphatic carbocycles. The van der Waals surface area contributed by atoms with Gasteiger partial charge in [0.1, 0.15) is 5.75 Å². The molecule has 2 amide bonds. The van der Waals surface area contributed by atoms with Crippen LogP contribution in [0, 0.1) is 13.8 Å². The summed E-state index contributed by atoms with van der Waals surface area (Å²) in [4.78, 5) is 26.8. The summed E-state index contributed by atoms with van der Waals surface area (Å²) in [5, 5.41) is 18.6. The molecule has 3 heterocycles. The van der Waals surface area contributed by atoms with Crippen molar-refractivity contribution in [2.75, 3.05) is 27.1 Å². The lowest BCUT2D eigenvalue weighted by atomic mass is 9.97. The van der Waals surface area contributed by atoms with Crippen molar-refractivity contribution in [2.24, 2.45) is 5.10 Å². The highest BCUT2D eigenvalue weighted by atomic mass is 32.2. The number of nitrogens with zero attached hydrogens (tertiary/aromatic N) is 5. The Labute approximate surface area is 288 Å². The van der Waals surface area contributed by atoms with E-state index in [2.05, 4.69) is 15.5 Å². The molecule has 13 heteroatoms. The van der Waals surface area contributed by atoms with Gasteiger partial charge in [-0.25, -0.2) is 5.01 Å². The number of para-hydroxylation sites is 1. The summed E-state index contributed by atoms with van der Waals surface area (Å²) in [6, 6.07) is 22.0. The maximum atomic E-state index is 14.1. The van der Waals surface area contributed by atoms with Crippen molar-refractivity contribution in [3.05, 3.63) is 113 Å². The number of nitrogens with one attached hydrogen (secondary N) is 1. The molecule has 0 radical (unpaired) electrons. The van der Waals surface area contributed by atoms with E-state index < -0.39 is 6.04 Å². The first-order chi connectivity index (χ1) is 23.8. The number of amides is 2. The number of ether oxygens (including phenoxy) is 3. The van der Waals surface area contributed by atoms with Crippen LogP contribution in [-0.2, 0) is 11.3 Å². The van der Waals surface area contributed by atoms with Crippen molar-refractivity contribution in [3.8, 4) is 22.9 Å². The molecule has 0 unspecified atom stereocenters. The number of methoxy groups -OCH3 is 3. The molecule has 49 heavy (non-hydrogen) atoms. The smallest absolute Gasteiger partial charge is 0.287 e. The number of furan rings is 1. The molecule has 0 bridgehead atoms. The molecule has 0 spiro atoms. The summed E-state index contributed by atoms with van der Waals surface area (Å²) in [6.07, 6.45) is 1.91. The highest BCUT2D eigenvalue weighted by Crippen LogP contribution is 2.42. The molecule has 0 saturated carbocycles. The van der Waals surface area contributed by atoms with Crippen LogP contribution in [0.2, 0.25) is 0 Å². The first-order valence-corrected chi connectivity index (χ1v) is 16.5. The molecule has 0 fully saturated rings. The fourth-order valence-corrected chi connectivity index (χ4v) is 6.51. The predicted molar refractivity (Wildman–Crippen MR) is 185 cm³/mol. The van der Waals surface area contributed by atoms with Crippen LogP contribution in [0.15, 0.2) is 93.7 Å². The van der Waals surface area contributed by atoms with Crippen LogP contribution in [0.4, 0.5) is 0 Å². The van der Waals surface area contributed by atoms with Gasteiger partial charge in [0.05, 0.1) is 57.3 Å². The average molecular weight is 681 g/mol. The van der Waals surface area contributed by atoms with Crippen molar-refractivity contribution in [1.29, 1.82) is 0 Å². The number of benzene rings is 3. The SMILES string of the molecule is COc1ccc(C2=NN(C(=O)CSc3nnc(CNC(=O)c4ccco4)n3-c3cccc(C)c3C)[C@H](c3cccc(OC)c3OC)C2)cc1. The molecule has 1 N–H and O–H groups in total. The topological polar surface area (TPSA) is 133 Å². The van der Waals surface area contributed by atoms with Crippen LogP contribution in [-0.4, -0.2) is 64.4 Å². The molecule has 1 atom stereocenters. The molecule has 1 aliphatic rings. The Morgan fingerprint density at radius 3 is 2.45 bits per heavy atom. The Hall–Kier alpha value is -5.56. The summed E-state index contributed by atoms with van der Waals surface area (Å²) in [5.74, 6) is 1.95. The van der Waals surface area contributed by atoms with E-state index in [1.165, 1.54) is 23.0 Å². The van der Waals surface area contributed by atoms with Gasteiger partial charge in [0.15, 0.2) is 28.2 Å². The molecule has 0 saturated heterocycles. The van der Waals surface area contributed by atoms with Gasteiger partial charge in [-0.05, 0) is 79.1 Å². The van der Waals surface area contributed by atoms with Crippen molar-refractivity contribution >= 4 is 29.3 Å². The number of carbonyl (C=O) groups is 2. The van der Waals surface area contributed by atoms with E-state index in [9.17, 15) is 9.59 Å². The first kappa shape index (κ1) is 33.3. The molecule has 5 aromatic rings. The van der Waals surface area contributed by atoms with Crippen molar-refractivity contribution in [1.82, 2.24) is 25.1 Å². The van der Waals surface area contributed by atoms with Gasteiger partial charge >= 0.3 is 0 Å². The first-order valence-electron chi connectivity index (χ1n) is 15.5. The molecule has 3 aromatic carbocycles. The maximum absolute atomic E-state index is 14.1. The van der Waals surface area contributed by atoms with Crippen LogP contribution in [0.1, 0.15) is 51.1 Å². The predicted octanol–water partition coefficient (Wildman–Crippen LogP) is 5.90. The summed E-state index contributed by atoms with van der Waals surface area (Å²) in [5.41, 5.74) is 5.36. The van der Waals surface area contributed by atoms with E-state index in [0.717, 1.165) is 39.4 Å². The van der Waals surface area contributed by atoms with Crippen LogP contribution >= 0.6 is 11.8 Å². The second-order valence-corrected chi connectivity index (χ2v) is 12.2. The standard InChI is InChI=1S/C36H36N6O6S/c1-22-9-6-11-28(23(22)2)41-32(20-37-35(44)31-13-8-18-48-31)38-39-36(41)49-21-33(43)42-29(26-10-7-12-30(46-4)34(26)47-5)19-27(40-42)24-14-16-25(45-3)17-15-24/h6-18,29H,19-21H2,1-5H3,(H,37,44)/t29-/m0/s1. The van der Waals surface area contributed by atoms with Gasteiger partial charge in [0.25, 0.3) is 11.8 Å². The number of thioether (sulfide) groups is 1. The van der Waals surface area contributed by atoms with Crippen LogP contribution in [0.5, 0.6) is 17.2 Å². The minimum atomic E-state index is -0.445. The molecular weight excluding hydrogens is 644 g/mol. The Kier molecular flexibility index (Phi) is 10.00. The van der Waals surface area contributed by atoms with Gasteiger partial charge in [-0.15, -0.1) is 10.2 Å². The lowest BCUT2D eigenvalue weighted by Crippen LogP contribution is -2.29. The summed E-state index contributed by atoms with van der Waals surface area (Å²) < 4.78 is 23.8. The zero-order valence-electron chi connectivity index (χ0n) is 27.8. The number of hydrazone groups is 1. The van der Waals surface area contributed by atoms with E-state index in [4.69, 9.17) is 23.7 Å².